The number of hydrogen-bond donors (Lipinski definition) is 0. The maximum atomic E-state index is 2.43. The van der Waals surface area contributed by atoms with Gasteiger partial charge in [-0.25, -0.2) is 0 Å². The number of hydrogen-bond acceptors (Lipinski definition) is 0. The molecule has 0 bridgehead atoms. The van der Waals surface area contributed by atoms with Crippen LogP contribution in [0.15, 0.2) is 0 Å². The van der Waals surface area contributed by atoms with Crippen molar-refractivity contribution in [1.29, 1.82) is 0 Å². The topological polar surface area (TPSA) is 0 Å². The summed E-state index contributed by atoms with van der Waals surface area (Å²) in [7, 11) is 0. The van der Waals surface area contributed by atoms with E-state index in [9.17, 15) is 0 Å². The summed E-state index contributed by atoms with van der Waals surface area (Å²) in [5, 5.41) is 0. The molecule has 0 aromatic heterocycles. The zero-order chi connectivity index (χ0) is 7.61. The molecule has 0 aliphatic heterocycles. The van der Waals surface area contributed by atoms with E-state index in [0.717, 1.165) is 5.92 Å². The fraction of sp³-hybridized carbons (Fsp3) is 0.900. The van der Waals surface area contributed by atoms with Gasteiger partial charge in [-0.15, -0.1) is 0 Å². The van der Waals surface area contributed by atoms with Crippen LogP contribution in [-0.2, 0) is 0 Å². The van der Waals surface area contributed by atoms with Crippen LogP contribution in [0.2, 0.25) is 0 Å². The Morgan fingerprint density at radius 2 is 1.55 bits per heavy atom. The predicted molar refractivity (Wildman–Crippen MR) is 45.7 cm³/mol. The summed E-state index contributed by atoms with van der Waals surface area (Å²) in [5.74, 6) is 0.970. The smallest absolute Gasteiger partial charge is 0.328 e. The molecule has 1 saturated carbocycles. The minimum Gasteiger partial charge on any atom is -0.328 e. The Hall–Kier alpha value is 0.597. The third kappa shape index (κ3) is 3.68. The first kappa shape index (κ1) is 11.6. The van der Waals surface area contributed by atoms with E-state index in [1.807, 2.05) is 0 Å². The Balaban J connectivity index is 0.000001000. The Morgan fingerprint density at radius 3 is 1.82 bits per heavy atom. The summed E-state index contributed by atoms with van der Waals surface area (Å²) < 4.78 is 0. The molecular formula is C10H19Li. The maximum Gasteiger partial charge on any atom is 1.00 e. The molecule has 1 aliphatic carbocycles. The summed E-state index contributed by atoms with van der Waals surface area (Å²) in [6.45, 7) is 7.09. The molecule has 1 heteroatoms. The average Bonchev–Trinajstić information content (AvgIpc) is 1.88. The van der Waals surface area contributed by atoms with Crippen molar-refractivity contribution in [2.45, 2.75) is 46.5 Å². The van der Waals surface area contributed by atoms with Crippen LogP contribution in [0.4, 0.5) is 0 Å². The molecule has 1 aliphatic rings. The van der Waals surface area contributed by atoms with E-state index in [0.29, 0.717) is 5.41 Å². The third-order valence-electron chi connectivity index (χ3n) is 2.66. The molecule has 11 heavy (non-hydrogen) atoms. The first-order chi connectivity index (χ1) is 4.61. The molecule has 0 saturated heterocycles. The average molecular weight is 146 g/mol. The van der Waals surface area contributed by atoms with Crippen molar-refractivity contribution in [3.63, 3.8) is 0 Å². The van der Waals surface area contributed by atoms with Gasteiger partial charge < -0.3 is 6.42 Å². The van der Waals surface area contributed by atoms with Crippen molar-refractivity contribution >= 4 is 0 Å². The molecule has 0 aromatic rings. The number of rotatable bonds is 0. The van der Waals surface area contributed by atoms with Crippen LogP contribution < -0.4 is 18.9 Å². The fourth-order valence-electron chi connectivity index (χ4n) is 1.79. The van der Waals surface area contributed by atoms with E-state index in [2.05, 4.69) is 27.2 Å². The normalized spacial score (nSPS) is 21.0. The molecule has 1 rings (SSSR count). The van der Waals surface area contributed by atoms with Crippen molar-refractivity contribution in [1.82, 2.24) is 0 Å². The molecule has 0 unspecified atom stereocenters. The quantitative estimate of drug-likeness (QED) is 0.343. The summed E-state index contributed by atoms with van der Waals surface area (Å²) in [6, 6.07) is 0. The second-order valence-electron chi connectivity index (χ2n) is 4.51. The third-order valence-corrected chi connectivity index (χ3v) is 2.66. The van der Waals surface area contributed by atoms with Crippen LogP contribution >= 0.6 is 0 Å². The Morgan fingerprint density at radius 1 is 1.09 bits per heavy atom. The van der Waals surface area contributed by atoms with Crippen LogP contribution in [0.25, 0.3) is 0 Å². The summed E-state index contributed by atoms with van der Waals surface area (Å²) in [5.41, 5.74) is 0.550. The van der Waals surface area contributed by atoms with Crippen LogP contribution in [0, 0.1) is 17.8 Å². The van der Waals surface area contributed by atoms with E-state index >= 15 is 0 Å². The first-order valence-electron chi connectivity index (χ1n) is 4.42. The van der Waals surface area contributed by atoms with Crippen LogP contribution in [0.3, 0.4) is 0 Å². The zero-order valence-electron chi connectivity index (χ0n) is 8.48. The van der Waals surface area contributed by atoms with Gasteiger partial charge >= 0.3 is 18.9 Å². The molecule has 0 amide bonds. The summed E-state index contributed by atoms with van der Waals surface area (Å²) in [4.78, 5) is 0. The fourth-order valence-corrected chi connectivity index (χ4v) is 1.79. The monoisotopic (exact) mass is 146 g/mol. The van der Waals surface area contributed by atoms with Gasteiger partial charge in [-0.1, -0.05) is 33.6 Å². The predicted octanol–water partition coefficient (Wildman–Crippen LogP) is 0.431. The van der Waals surface area contributed by atoms with E-state index in [4.69, 9.17) is 0 Å². The Kier molecular flexibility index (Phi) is 4.83. The minimum absolute atomic E-state index is 0. The van der Waals surface area contributed by atoms with Crippen molar-refractivity contribution in [2.24, 2.45) is 11.3 Å². The maximum absolute atomic E-state index is 2.43. The second-order valence-corrected chi connectivity index (χ2v) is 4.51. The van der Waals surface area contributed by atoms with Gasteiger partial charge in [0.1, 0.15) is 0 Å². The van der Waals surface area contributed by atoms with Crippen molar-refractivity contribution in [2.75, 3.05) is 0 Å². The molecule has 0 nitrogen and oxygen atoms in total. The molecule has 0 heterocycles. The van der Waals surface area contributed by atoms with Gasteiger partial charge in [-0.2, -0.15) is 12.8 Å². The van der Waals surface area contributed by atoms with Crippen LogP contribution in [-0.4, -0.2) is 0 Å². The van der Waals surface area contributed by atoms with Gasteiger partial charge in [0.05, 0.1) is 0 Å². The van der Waals surface area contributed by atoms with Gasteiger partial charge in [0.25, 0.3) is 0 Å². The largest absolute Gasteiger partial charge is 1.00 e. The van der Waals surface area contributed by atoms with E-state index in [-0.39, 0.29) is 18.9 Å². The molecule has 0 spiro atoms. The first-order valence-corrected chi connectivity index (χ1v) is 4.42. The SMILES string of the molecule is CC(C)(C)C1CC[CH-]CC1.[Li+]. The molecule has 1 fully saturated rings. The van der Waals surface area contributed by atoms with E-state index < -0.39 is 0 Å². The Bertz CT molecular complexity index is 95.9. The zero-order valence-corrected chi connectivity index (χ0v) is 8.48. The molecule has 0 aromatic carbocycles. The summed E-state index contributed by atoms with van der Waals surface area (Å²) in [6.07, 6.45) is 7.97. The minimum atomic E-state index is 0. The van der Waals surface area contributed by atoms with Crippen molar-refractivity contribution in [3.8, 4) is 0 Å². The molecule has 0 N–H and O–H groups in total. The van der Waals surface area contributed by atoms with E-state index in [1.54, 1.807) is 0 Å². The molecular weight excluding hydrogens is 127 g/mol. The molecule has 0 atom stereocenters. The van der Waals surface area contributed by atoms with Gasteiger partial charge in [-0.3, -0.25) is 0 Å². The second kappa shape index (κ2) is 4.58. The molecule has 0 radical (unpaired) electrons. The standard InChI is InChI=1S/C10H19.Li/c1-10(2,3)9-7-5-4-6-8-9;/h4,9H,5-8H2,1-3H3;/q-1;+1. The Labute approximate surface area is 83.3 Å². The van der Waals surface area contributed by atoms with Crippen LogP contribution in [0.1, 0.15) is 46.5 Å². The van der Waals surface area contributed by atoms with E-state index in [1.165, 1.54) is 25.7 Å². The molecule has 60 valence electrons. The van der Waals surface area contributed by atoms with Crippen molar-refractivity contribution in [3.05, 3.63) is 6.42 Å². The van der Waals surface area contributed by atoms with Crippen molar-refractivity contribution < 1.29 is 18.9 Å². The van der Waals surface area contributed by atoms with Gasteiger partial charge in [-0.05, 0) is 11.3 Å². The summed E-state index contributed by atoms with van der Waals surface area (Å²) >= 11 is 0. The van der Waals surface area contributed by atoms with Gasteiger partial charge in [0, 0.05) is 0 Å². The van der Waals surface area contributed by atoms with Gasteiger partial charge in [0.15, 0.2) is 0 Å². The van der Waals surface area contributed by atoms with Crippen LogP contribution in [0.5, 0.6) is 0 Å². The van der Waals surface area contributed by atoms with Gasteiger partial charge in [0.2, 0.25) is 0 Å².